The third-order valence-corrected chi connectivity index (χ3v) is 4.18. The molecule has 114 valence electrons. The molecular weight excluding hydrogens is 348 g/mol. The average Bonchev–Trinajstić information content (AvgIpc) is 3.25. The van der Waals surface area contributed by atoms with Crippen molar-refractivity contribution in [1.29, 1.82) is 0 Å². The number of hydrogen-bond donors (Lipinski definition) is 2. The molecule has 3 rings (SSSR count). The summed E-state index contributed by atoms with van der Waals surface area (Å²) in [6.07, 6.45) is 1.86. The van der Waals surface area contributed by atoms with Crippen LogP contribution < -0.4 is 10.9 Å². The Bertz CT molecular complexity index is 792. The number of pyridine rings is 1. The number of amides is 1. The van der Waals surface area contributed by atoms with Gasteiger partial charge in [0.2, 0.25) is 0 Å². The Morgan fingerprint density at radius 1 is 1.32 bits per heavy atom. The topological polar surface area (TPSA) is 71.3 Å². The second-order valence-corrected chi connectivity index (χ2v) is 6.33. The lowest BCUT2D eigenvalue weighted by atomic mass is 10.2. The average molecular weight is 363 g/mol. The number of benzene rings is 1. The molecule has 0 radical (unpaired) electrons. The van der Waals surface area contributed by atoms with Gasteiger partial charge in [0, 0.05) is 28.0 Å². The summed E-state index contributed by atoms with van der Waals surface area (Å²) < 4.78 is 2.48. The molecule has 0 spiro atoms. The zero-order valence-corrected chi connectivity index (χ0v) is 13.6. The van der Waals surface area contributed by atoms with Crippen LogP contribution in [-0.2, 0) is 0 Å². The summed E-state index contributed by atoms with van der Waals surface area (Å²) in [4.78, 5) is 24.9. The Balaban J connectivity index is 1.97. The molecule has 1 fully saturated rings. The van der Waals surface area contributed by atoms with Gasteiger partial charge in [0.15, 0.2) is 0 Å². The number of aromatic nitrogens is 1. The second-order valence-electron chi connectivity index (χ2n) is 5.41. The van der Waals surface area contributed by atoms with E-state index in [1.807, 2.05) is 0 Å². The van der Waals surface area contributed by atoms with Crippen molar-refractivity contribution in [2.75, 3.05) is 5.32 Å². The summed E-state index contributed by atoms with van der Waals surface area (Å²) in [5.74, 6) is -0.881. The Labute approximate surface area is 135 Å². The lowest BCUT2D eigenvalue weighted by Gasteiger charge is -2.13. The fourth-order valence-electron chi connectivity index (χ4n) is 2.46. The number of hydrogen-bond acceptors (Lipinski definition) is 3. The summed E-state index contributed by atoms with van der Waals surface area (Å²) in [7, 11) is 0. The van der Waals surface area contributed by atoms with E-state index >= 15 is 0 Å². The van der Waals surface area contributed by atoms with E-state index in [2.05, 4.69) is 21.2 Å². The van der Waals surface area contributed by atoms with Gasteiger partial charge in [-0.15, -0.1) is 0 Å². The molecule has 1 aromatic carbocycles. The molecule has 1 aromatic heterocycles. The highest BCUT2D eigenvalue weighted by Crippen LogP contribution is 2.35. The smallest absolute Gasteiger partial charge is 0.267 e. The maximum Gasteiger partial charge on any atom is 0.267 e. The van der Waals surface area contributed by atoms with Crippen molar-refractivity contribution in [3.63, 3.8) is 0 Å². The first-order chi connectivity index (χ1) is 10.5. The van der Waals surface area contributed by atoms with Crippen molar-refractivity contribution in [1.82, 2.24) is 4.57 Å². The third kappa shape index (κ3) is 2.78. The van der Waals surface area contributed by atoms with Crippen LogP contribution in [0.15, 0.2) is 39.6 Å². The molecule has 1 saturated carbocycles. The van der Waals surface area contributed by atoms with Crippen molar-refractivity contribution in [3.8, 4) is 5.75 Å². The molecule has 0 unspecified atom stereocenters. The van der Waals surface area contributed by atoms with Gasteiger partial charge < -0.3 is 15.0 Å². The van der Waals surface area contributed by atoms with E-state index < -0.39 is 11.5 Å². The molecule has 5 nitrogen and oxygen atoms in total. The predicted octanol–water partition coefficient (Wildman–Crippen LogP) is 3.21. The van der Waals surface area contributed by atoms with Crippen LogP contribution in [0.2, 0.25) is 0 Å². The summed E-state index contributed by atoms with van der Waals surface area (Å²) in [5, 5.41) is 12.6. The van der Waals surface area contributed by atoms with E-state index in [9.17, 15) is 14.7 Å². The highest BCUT2D eigenvalue weighted by atomic mass is 79.9. The van der Waals surface area contributed by atoms with E-state index in [0.717, 1.165) is 17.3 Å². The number of carbonyl (C=O) groups is 1. The molecule has 1 heterocycles. The lowest BCUT2D eigenvalue weighted by Crippen LogP contribution is -2.30. The van der Waals surface area contributed by atoms with Crippen molar-refractivity contribution in [3.05, 3.63) is 56.4 Å². The van der Waals surface area contributed by atoms with Crippen molar-refractivity contribution in [2.24, 2.45) is 0 Å². The van der Waals surface area contributed by atoms with E-state index in [-0.39, 0.29) is 17.4 Å². The predicted molar refractivity (Wildman–Crippen MR) is 87.5 cm³/mol. The summed E-state index contributed by atoms with van der Waals surface area (Å²) in [5.41, 5.74) is 0.589. The van der Waals surface area contributed by atoms with Gasteiger partial charge in [-0.05, 0) is 44.0 Å². The number of halogens is 1. The lowest BCUT2D eigenvalue weighted by molar-refractivity contribution is 0.102. The van der Waals surface area contributed by atoms with Crippen LogP contribution in [0.4, 0.5) is 5.69 Å². The van der Waals surface area contributed by atoms with Crippen LogP contribution in [0.5, 0.6) is 5.75 Å². The van der Waals surface area contributed by atoms with Gasteiger partial charge in [-0.2, -0.15) is 0 Å². The van der Waals surface area contributed by atoms with Crippen LogP contribution in [0.1, 0.15) is 34.9 Å². The highest BCUT2D eigenvalue weighted by molar-refractivity contribution is 9.10. The maximum absolute atomic E-state index is 12.5. The molecule has 0 bridgehead atoms. The molecule has 2 N–H and O–H groups in total. The number of aryl methyl sites for hydroxylation is 1. The van der Waals surface area contributed by atoms with Gasteiger partial charge in [-0.25, -0.2) is 0 Å². The zero-order chi connectivity index (χ0) is 15.9. The van der Waals surface area contributed by atoms with Crippen LogP contribution in [0.3, 0.4) is 0 Å². The molecule has 1 aliphatic rings. The third-order valence-electron chi connectivity index (χ3n) is 3.66. The summed E-state index contributed by atoms with van der Waals surface area (Å²) in [6, 6.07) is 8.61. The van der Waals surface area contributed by atoms with Crippen LogP contribution in [0.25, 0.3) is 0 Å². The Morgan fingerprint density at radius 3 is 2.55 bits per heavy atom. The quantitative estimate of drug-likeness (QED) is 0.880. The van der Waals surface area contributed by atoms with E-state index in [0.29, 0.717) is 11.4 Å². The van der Waals surface area contributed by atoms with Gasteiger partial charge in [0.1, 0.15) is 11.3 Å². The van der Waals surface area contributed by atoms with Gasteiger partial charge >= 0.3 is 0 Å². The van der Waals surface area contributed by atoms with Crippen LogP contribution in [-0.4, -0.2) is 15.6 Å². The maximum atomic E-state index is 12.5. The van der Waals surface area contributed by atoms with E-state index in [1.54, 1.807) is 35.8 Å². The van der Waals surface area contributed by atoms with Crippen LogP contribution >= 0.6 is 15.9 Å². The fraction of sp³-hybridized carbons (Fsp3) is 0.250. The fourth-order valence-corrected chi connectivity index (χ4v) is 2.72. The molecule has 0 atom stereocenters. The van der Waals surface area contributed by atoms with Gasteiger partial charge in [0.25, 0.3) is 11.5 Å². The number of nitrogens with one attached hydrogen (secondary N) is 1. The number of rotatable bonds is 3. The molecule has 1 amide bonds. The number of carbonyl (C=O) groups excluding carboxylic acids is 1. The first kappa shape index (κ1) is 14.8. The number of nitrogens with zero attached hydrogens (tertiary/aromatic N) is 1. The Kier molecular flexibility index (Phi) is 3.78. The summed E-state index contributed by atoms with van der Waals surface area (Å²) in [6.45, 7) is 1.76. The minimum absolute atomic E-state index is 0.146. The molecular formula is C16H15BrN2O3. The number of aromatic hydroxyl groups is 1. The molecule has 2 aromatic rings. The van der Waals surface area contributed by atoms with Gasteiger partial charge in [-0.3, -0.25) is 9.59 Å². The highest BCUT2D eigenvalue weighted by Gasteiger charge is 2.29. The van der Waals surface area contributed by atoms with Crippen LogP contribution in [0, 0.1) is 6.92 Å². The molecule has 1 aliphatic carbocycles. The SMILES string of the molecule is Cc1cc(O)c(C(=O)Nc2ccc(Br)cc2)c(=O)n1C1CC1. The molecule has 0 saturated heterocycles. The Morgan fingerprint density at radius 2 is 1.95 bits per heavy atom. The van der Waals surface area contributed by atoms with Crippen molar-refractivity contribution >= 4 is 27.5 Å². The zero-order valence-electron chi connectivity index (χ0n) is 12.0. The van der Waals surface area contributed by atoms with Crippen molar-refractivity contribution < 1.29 is 9.90 Å². The summed E-state index contributed by atoms with van der Waals surface area (Å²) >= 11 is 3.31. The van der Waals surface area contributed by atoms with E-state index in [4.69, 9.17) is 0 Å². The number of anilines is 1. The van der Waals surface area contributed by atoms with Gasteiger partial charge in [0.05, 0.1) is 0 Å². The standard InChI is InChI=1S/C16H15BrN2O3/c1-9-8-13(20)14(16(22)19(9)12-6-7-12)15(21)18-11-4-2-10(17)3-5-11/h2-5,8,12,20H,6-7H2,1H3,(H,18,21). The normalized spacial score (nSPS) is 13.9. The molecule has 0 aliphatic heterocycles. The minimum Gasteiger partial charge on any atom is -0.507 e. The second kappa shape index (κ2) is 5.61. The monoisotopic (exact) mass is 362 g/mol. The molecule has 6 heteroatoms. The largest absolute Gasteiger partial charge is 0.507 e. The first-order valence-electron chi connectivity index (χ1n) is 6.99. The Hall–Kier alpha value is -2.08. The first-order valence-corrected chi connectivity index (χ1v) is 7.78. The van der Waals surface area contributed by atoms with Gasteiger partial charge in [-0.1, -0.05) is 15.9 Å². The van der Waals surface area contributed by atoms with E-state index in [1.165, 1.54) is 6.07 Å². The van der Waals surface area contributed by atoms with Crippen molar-refractivity contribution in [2.45, 2.75) is 25.8 Å². The minimum atomic E-state index is -0.598. The molecule has 22 heavy (non-hydrogen) atoms.